The lowest BCUT2D eigenvalue weighted by Crippen LogP contribution is -2.32. The average Bonchev–Trinajstić information content (AvgIpc) is 3.11. The fourth-order valence-corrected chi connectivity index (χ4v) is 4.11. The molecule has 1 aliphatic heterocycles. The molecule has 0 aromatic heterocycles. The molecule has 38 heavy (non-hydrogen) atoms. The number of benzene rings is 3. The van der Waals surface area contributed by atoms with Crippen molar-refractivity contribution in [2.24, 2.45) is 0 Å². The van der Waals surface area contributed by atoms with Gasteiger partial charge in [-0.15, -0.1) is 0 Å². The van der Waals surface area contributed by atoms with Gasteiger partial charge >= 0.3 is 0 Å². The van der Waals surface area contributed by atoms with E-state index in [4.69, 9.17) is 27.9 Å². The molecule has 0 radical (unpaired) electrons. The van der Waals surface area contributed by atoms with Gasteiger partial charge in [0.1, 0.15) is 22.3 Å². The number of carbonyl (C=O) groups excluding carboxylic acids is 3. The molecule has 0 saturated heterocycles. The molecule has 4 rings (SSSR count). The molecule has 3 aromatic rings. The molecule has 0 unspecified atom stereocenters. The lowest BCUT2D eigenvalue weighted by atomic mass is 10.1. The number of hydrogen-bond donors (Lipinski definition) is 2. The average molecular weight is 556 g/mol. The Labute approximate surface area is 229 Å². The summed E-state index contributed by atoms with van der Waals surface area (Å²) in [6.07, 6.45) is 1.87. The second-order valence-electron chi connectivity index (χ2n) is 8.54. The quantitative estimate of drug-likeness (QED) is 0.228. The molecule has 1 aliphatic rings. The summed E-state index contributed by atoms with van der Waals surface area (Å²) in [6.45, 7) is 4.37. The Balaban J connectivity index is 1.55. The van der Waals surface area contributed by atoms with Gasteiger partial charge in [0.15, 0.2) is 0 Å². The fraction of sp³-hybridized carbons (Fsp3) is 0.179. The first kappa shape index (κ1) is 27.2. The van der Waals surface area contributed by atoms with Crippen molar-refractivity contribution >= 4 is 58.0 Å². The molecular formula is C28H24Cl2FN3O4. The number of imide groups is 1. The molecule has 0 saturated carbocycles. The fourth-order valence-electron chi connectivity index (χ4n) is 3.72. The second kappa shape index (κ2) is 11.7. The number of halogens is 3. The molecule has 0 spiro atoms. The number of nitrogens with one attached hydrogen (secondary N) is 2. The maximum absolute atomic E-state index is 13.6. The maximum Gasteiger partial charge on any atom is 0.283 e. The summed E-state index contributed by atoms with van der Waals surface area (Å²) in [7, 11) is 0. The van der Waals surface area contributed by atoms with Gasteiger partial charge in [0.25, 0.3) is 17.7 Å². The van der Waals surface area contributed by atoms with Crippen LogP contribution in [0.15, 0.2) is 71.4 Å². The molecule has 3 amide bonds. The van der Waals surface area contributed by atoms with Crippen LogP contribution < -0.4 is 20.3 Å². The Kier molecular flexibility index (Phi) is 8.34. The summed E-state index contributed by atoms with van der Waals surface area (Å²) in [5.74, 6) is -2.04. The number of amides is 3. The Morgan fingerprint density at radius 1 is 1.00 bits per heavy atom. The number of hydrogen-bond acceptors (Lipinski definition) is 5. The van der Waals surface area contributed by atoms with Crippen LogP contribution in [0.1, 0.15) is 35.7 Å². The smallest absolute Gasteiger partial charge is 0.283 e. The molecule has 3 aromatic carbocycles. The van der Waals surface area contributed by atoms with Crippen molar-refractivity contribution in [1.29, 1.82) is 0 Å². The van der Waals surface area contributed by atoms with Crippen LogP contribution in [-0.4, -0.2) is 24.3 Å². The van der Waals surface area contributed by atoms with Crippen molar-refractivity contribution in [2.75, 3.05) is 22.1 Å². The number of unbranched alkanes of at least 4 members (excludes halogenated alkanes) is 1. The van der Waals surface area contributed by atoms with Crippen molar-refractivity contribution in [3.05, 3.63) is 93.4 Å². The van der Waals surface area contributed by atoms with Crippen molar-refractivity contribution in [3.63, 3.8) is 0 Å². The van der Waals surface area contributed by atoms with Crippen molar-refractivity contribution in [2.45, 2.75) is 26.7 Å². The highest BCUT2D eigenvalue weighted by Crippen LogP contribution is 2.33. The first-order valence-electron chi connectivity index (χ1n) is 11.9. The number of carbonyl (C=O) groups is 3. The van der Waals surface area contributed by atoms with Gasteiger partial charge in [0, 0.05) is 11.3 Å². The predicted octanol–water partition coefficient (Wildman–Crippen LogP) is 6.65. The number of aryl methyl sites for hydroxylation is 1. The zero-order valence-corrected chi connectivity index (χ0v) is 22.1. The third kappa shape index (κ3) is 5.66. The summed E-state index contributed by atoms with van der Waals surface area (Å²) < 4.78 is 19.4. The third-order valence-electron chi connectivity index (χ3n) is 5.84. The summed E-state index contributed by atoms with van der Waals surface area (Å²) in [6, 6.07) is 15.5. The molecule has 7 nitrogen and oxygen atoms in total. The molecule has 0 bridgehead atoms. The SMILES string of the molecule is CCCCOc1ccccc1NC(=O)c1ccc(C)c(NC2=C(Cl)C(=O)N(c3ccc(F)c(Cl)c3)C2=O)c1. The number of rotatable bonds is 9. The van der Waals surface area contributed by atoms with E-state index in [0.717, 1.165) is 23.8 Å². The molecule has 196 valence electrons. The van der Waals surface area contributed by atoms with Crippen LogP contribution in [0.5, 0.6) is 5.75 Å². The van der Waals surface area contributed by atoms with Gasteiger partial charge < -0.3 is 15.4 Å². The number of anilines is 3. The molecule has 0 atom stereocenters. The molecule has 2 N–H and O–H groups in total. The molecule has 1 heterocycles. The topological polar surface area (TPSA) is 87.7 Å². The normalized spacial score (nSPS) is 13.2. The minimum Gasteiger partial charge on any atom is -0.491 e. The largest absolute Gasteiger partial charge is 0.491 e. The Hall–Kier alpha value is -3.88. The van der Waals surface area contributed by atoms with E-state index < -0.39 is 23.5 Å². The van der Waals surface area contributed by atoms with Gasteiger partial charge in [-0.05, 0) is 61.4 Å². The lowest BCUT2D eigenvalue weighted by Gasteiger charge is -2.16. The van der Waals surface area contributed by atoms with Gasteiger partial charge in [-0.1, -0.05) is 54.7 Å². The highest BCUT2D eigenvalue weighted by Gasteiger charge is 2.39. The Morgan fingerprint density at radius 3 is 2.50 bits per heavy atom. The van der Waals surface area contributed by atoms with Crippen LogP contribution in [0.2, 0.25) is 5.02 Å². The van der Waals surface area contributed by atoms with E-state index in [1.54, 1.807) is 43.3 Å². The van der Waals surface area contributed by atoms with Gasteiger partial charge in [0.05, 0.1) is 23.0 Å². The maximum atomic E-state index is 13.6. The van der Waals surface area contributed by atoms with E-state index in [2.05, 4.69) is 17.6 Å². The lowest BCUT2D eigenvalue weighted by molar-refractivity contribution is -0.120. The zero-order valence-electron chi connectivity index (χ0n) is 20.6. The summed E-state index contributed by atoms with van der Waals surface area (Å²) in [4.78, 5) is 39.8. The minimum atomic E-state index is -0.784. The van der Waals surface area contributed by atoms with E-state index in [0.29, 0.717) is 34.9 Å². The van der Waals surface area contributed by atoms with Crippen molar-refractivity contribution < 1.29 is 23.5 Å². The number of nitrogens with zero attached hydrogens (tertiary/aromatic N) is 1. The van der Waals surface area contributed by atoms with Crippen LogP contribution in [0.25, 0.3) is 0 Å². The van der Waals surface area contributed by atoms with Crippen LogP contribution in [-0.2, 0) is 9.59 Å². The second-order valence-corrected chi connectivity index (χ2v) is 9.33. The van der Waals surface area contributed by atoms with Crippen LogP contribution in [0.3, 0.4) is 0 Å². The van der Waals surface area contributed by atoms with Gasteiger partial charge in [-0.25, -0.2) is 9.29 Å². The summed E-state index contributed by atoms with van der Waals surface area (Å²) in [5.41, 5.74) is 1.83. The molecule has 0 fully saturated rings. The van der Waals surface area contributed by atoms with Gasteiger partial charge in [0.2, 0.25) is 0 Å². The van der Waals surface area contributed by atoms with E-state index in [1.807, 2.05) is 6.07 Å². The van der Waals surface area contributed by atoms with Gasteiger partial charge in [-0.3, -0.25) is 14.4 Å². The van der Waals surface area contributed by atoms with Crippen LogP contribution in [0.4, 0.5) is 21.5 Å². The summed E-state index contributed by atoms with van der Waals surface area (Å²) >= 11 is 12.1. The molecular weight excluding hydrogens is 532 g/mol. The standard InChI is InChI=1S/C28H24Cl2FN3O4/c1-3-4-13-38-23-8-6-5-7-21(23)33-26(35)17-10-9-16(2)22(14-17)32-25-24(30)27(36)34(28(25)37)18-11-12-20(31)19(29)15-18/h5-12,14-15,32H,3-4,13H2,1-2H3,(H,33,35). The minimum absolute atomic E-state index is 0.0750. The third-order valence-corrected chi connectivity index (χ3v) is 6.48. The number of para-hydroxylation sites is 2. The highest BCUT2D eigenvalue weighted by atomic mass is 35.5. The monoisotopic (exact) mass is 555 g/mol. The highest BCUT2D eigenvalue weighted by molar-refractivity contribution is 6.53. The van der Waals surface area contributed by atoms with Gasteiger partial charge in [-0.2, -0.15) is 0 Å². The van der Waals surface area contributed by atoms with E-state index in [9.17, 15) is 18.8 Å². The Morgan fingerprint density at radius 2 is 1.76 bits per heavy atom. The molecule has 0 aliphatic carbocycles. The predicted molar refractivity (Wildman–Crippen MR) is 146 cm³/mol. The summed E-state index contributed by atoms with van der Waals surface area (Å²) in [5, 5.41) is 5.16. The van der Waals surface area contributed by atoms with E-state index in [1.165, 1.54) is 12.1 Å². The first-order chi connectivity index (χ1) is 18.2. The first-order valence-corrected chi connectivity index (χ1v) is 12.6. The zero-order chi connectivity index (χ0) is 27.4. The van der Waals surface area contributed by atoms with Crippen molar-refractivity contribution in [1.82, 2.24) is 0 Å². The van der Waals surface area contributed by atoms with Crippen LogP contribution >= 0.6 is 23.2 Å². The van der Waals surface area contributed by atoms with E-state index >= 15 is 0 Å². The molecule has 10 heteroatoms. The van der Waals surface area contributed by atoms with Crippen LogP contribution in [0, 0.1) is 12.7 Å². The van der Waals surface area contributed by atoms with Crippen molar-refractivity contribution in [3.8, 4) is 5.75 Å². The van der Waals surface area contributed by atoms with E-state index in [-0.39, 0.29) is 21.4 Å². The number of ether oxygens (including phenoxy) is 1. The Bertz CT molecular complexity index is 1460.